The van der Waals surface area contributed by atoms with Crippen molar-refractivity contribution in [3.63, 3.8) is 0 Å². The fourth-order valence-corrected chi connectivity index (χ4v) is 4.34. The maximum atomic E-state index is 12.9. The van der Waals surface area contributed by atoms with Gasteiger partial charge in [-0.1, -0.05) is 50.2 Å². The van der Waals surface area contributed by atoms with E-state index in [1.165, 1.54) is 4.80 Å². The van der Waals surface area contributed by atoms with Crippen LogP contribution in [0.25, 0.3) is 16.9 Å². The second-order valence-corrected chi connectivity index (χ2v) is 8.88. The molecule has 5 rings (SSSR count). The van der Waals surface area contributed by atoms with Crippen LogP contribution in [0.5, 0.6) is 11.6 Å². The molecule has 0 spiro atoms. The normalized spacial score (nSPS) is 14.4. The van der Waals surface area contributed by atoms with E-state index in [1.54, 1.807) is 20.8 Å². The van der Waals surface area contributed by atoms with Gasteiger partial charge in [0, 0.05) is 22.6 Å². The van der Waals surface area contributed by atoms with Gasteiger partial charge in [-0.3, -0.25) is 10.1 Å². The minimum Gasteiger partial charge on any atom is -0.438 e. The topological polar surface area (TPSA) is 138 Å². The summed E-state index contributed by atoms with van der Waals surface area (Å²) in [7, 11) is 0. The highest BCUT2D eigenvalue weighted by Gasteiger charge is 2.44. The average molecular weight is 470 g/mol. The van der Waals surface area contributed by atoms with E-state index < -0.39 is 23.3 Å². The second-order valence-electron chi connectivity index (χ2n) is 8.88. The van der Waals surface area contributed by atoms with E-state index in [0.717, 1.165) is 22.4 Å². The predicted octanol–water partition coefficient (Wildman–Crippen LogP) is 3.49. The van der Waals surface area contributed by atoms with Gasteiger partial charge in [-0.2, -0.15) is 0 Å². The molecule has 4 aromatic rings. The molecule has 1 atom stereocenters. The van der Waals surface area contributed by atoms with Gasteiger partial charge in [0.2, 0.25) is 11.8 Å². The van der Waals surface area contributed by atoms with Gasteiger partial charge in [-0.15, -0.1) is 15.0 Å². The molecule has 35 heavy (non-hydrogen) atoms. The van der Waals surface area contributed by atoms with Crippen LogP contribution in [0.3, 0.4) is 0 Å². The number of primary amides is 1. The van der Waals surface area contributed by atoms with Crippen LogP contribution in [-0.2, 0) is 4.79 Å². The van der Waals surface area contributed by atoms with Crippen LogP contribution < -0.4 is 15.8 Å². The van der Waals surface area contributed by atoms with E-state index in [0.29, 0.717) is 23.1 Å². The number of aryl methyl sites for hydroxylation is 1. The lowest BCUT2D eigenvalue weighted by molar-refractivity contribution is -0.128. The SMILES string of the molecule is Cc1nnn(-c2ccc(-c3ccc4c(n3)Oc3ccccc3[C@@H]4C(C)(C)C(=O)NC(N)=O)cc2)n1. The first-order valence-corrected chi connectivity index (χ1v) is 11.0. The molecule has 0 radical (unpaired) electrons. The molecule has 0 unspecified atom stereocenters. The molecule has 0 bridgehead atoms. The number of nitrogens with two attached hydrogens (primary N) is 1. The third kappa shape index (κ3) is 3.99. The lowest BCUT2D eigenvalue weighted by atomic mass is 9.69. The number of aromatic nitrogens is 5. The molecule has 0 fully saturated rings. The minimum absolute atomic E-state index is 0.406. The minimum atomic E-state index is -1.02. The van der Waals surface area contributed by atoms with Crippen LogP contribution in [0.4, 0.5) is 4.79 Å². The number of carbonyl (C=O) groups excluding carboxylic acids is 2. The van der Waals surface area contributed by atoms with Crippen molar-refractivity contribution in [2.45, 2.75) is 26.7 Å². The van der Waals surface area contributed by atoms with Gasteiger partial charge in [0.15, 0.2) is 5.82 Å². The molecule has 2 aromatic carbocycles. The summed E-state index contributed by atoms with van der Waals surface area (Å²) in [5, 5.41) is 14.3. The highest BCUT2D eigenvalue weighted by atomic mass is 16.5. The van der Waals surface area contributed by atoms with Gasteiger partial charge in [0.25, 0.3) is 0 Å². The Balaban J connectivity index is 1.54. The Hall–Kier alpha value is -4.60. The second kappa shape index (κ2) is 8.32. The first kappa shape index (κ1) is 22.2. The van der Waals surface area contributed by atoms with Crippen LogP contribution in [0, 0.1) is 12.3 Å². The highest BCUT2D eigenvalue weighted by molar-refractivity contribution is 5.97. The number of carbonyl (C=O) groups is 2. The number of imide groups is 1. The zero-order valence-electron chi connectivity index (χ0n) is 19.4. The lowest BCUT2D eigenvalue weighted by Gasteiger charge is -2.37. The van der Waals surface area contributed by atoms with E-state index in [4.69, 9.17) is 15.5 Å². The molecule has 3 N–H and O–H groups in total. The summed E-state index contributed by atoms with van der Waals surface area (Å²) in [6.45, 7) is 5.32. The molecular formula is C25H23N7O3. The summed E-state index contributed by atoms with van der Waals surface area (Å²) in [5.74, 6) is 0.716. The summed E-state index contributed by atoms with van der Waals surface area (Å²) in [5.41, 5.74) is 8.14. The summed E-state index contributed by atoms with van der Waals surface area (Å²) in [6, 6.07) is 18.0. The van der Waals surface area contributed by atoms with Gasteiger partial charge in [0.1, 0.15) is 5.75 Å². The standard InChI is InChI=1S/C25H23N7O3/c1-14-29-31-32(30-14)16-10-8-15(9-11-16)19-13-12-18-21(25(2,3)23(33)28-24(26)34)17-6-4-5-7-20(17)35-22(18)27-19/h4-13,21H,1-3H3,(H3,26,28,33,34)/t21-/m0/s1. The van der Waals surface area contributed by atoms with Gasteiger partial charge in [-0.25, -0.2) is 9.78 Å². The largest absolute Gasteiger partial charge is 0.438 e. The van der Waals surface area contributed by atoms with Crippen molar-refractivity contribution in [3.8, 4) is 28.6 Å². The number of urea groups is 1. The summed E-state index contributed by atoms with van der Waals surface area (Å²) < 4.78 is 6.15. The molecule has 1 aliphatic rings. The first-order valence-electron chi connectivity index (χ1n) is 11.0. The smallest absolute Gasteiger partial charge is 0.318 e. The number of tetrazole rings is 1. The lowest BCUT2D eigenvalue weighted by Crippen LogP contribution is -2.46. The van der Waals surface area contributed by atoms with Crippen LogP contribution in [0.2, 0.25) is 0 Å². The predicted molar refractivity (Wildman–Crippen MR) is 127 cm³/mol. The number of nitrogens with one attached hydrogen (secondary N) is 1. The van der Waals surface area contributed by atoms with Crippen molar-refractivity contribution in [3.05, 3.63) is 77.6 Å². The number of ether oxygens (including phenoxy) is 1. The Morgan fingerprint density at radius 2 is 1.77 bits per heavy atom. The Labute approximate surface area is 201 Å². The van der Waals surface area contributed by atoms with E-state index in [1.807, 2.05) is 60.7 Å². The number of para-hydroxylation sites is 1. The molecular weight excluding hydrogens is 446 g/mol. The molecule has 3 amide bonds. The van der Waals surface area contributed by atoms with Gasteiger partial charge < -0.3 is 10.5 Å². The Kier molecular flexibility index (Phi) is 5.28. The zero-order valence-corrected chi connectivity index (χ0v) is 19.4. The van der Waals surface area contributed by atoms with Crippen molar-refractivity contribution < 1.29 is 14.3 Å². The molecule has 0 saturated carbocycles. The molecule has 10 heteroatoms. The molecule has 10 nitrogen and oxygen atoms in total. The van der Waals surface area contributed by atoms with Crippen LogP contribution >= 0.6 is 0 Å². The van der Waals surface area contributed by atoms with E-state index >= 15 is 0 Å². The number of fused-ring (bicyclic) bond motifs is 2. The third-order valence-electron chi connectivity index (χ3n) is 6.09. The monoisotopic (exact) mass is 469 g/mol. The van der Waals surface area contributed by atoms with E-state index in [2.05, 4.69) is 20.7 Å². The summed E-state index contributed by atoms with van der Waals surface area (Å²) in [4.78, 5) is 30.6. The first-order chi connectivity index (χ1) is 16.7. The van der Waals surface area contributed by atoms with Crippen molar-refractivity contribution in [2.75, 3.05) is 0 Å². The van der Waals surface area contributed by atoms with Crippen LogP contribution in [0.15, 0.2) is 60.7 Å². The van der Waals surface area contributed by atoms with E-state index in [9.17, 15) is 9.59 Å². The summed E-state index contributed by atoms with van der Waals surface area (Å²) >= 11 is 0. The molecule has 3 heterocycles. The fraction of sp³-hybridized carbons (Fsp3) is 0.200. The van der Waals surface area contributed by atoms with Crippen molar-refractivity contribution in [1.29, 1.82) is 0 Å². The highest BCUT2D eigenvalue weighted by Crippen LogP contribution is 2.51. The quantitative estimate of drug-likeness (QED) is 0.466. The van der Waals surface area contributed by atoms with E-state index in [-0.39, 0.29) is 0 Å². The Morgan fingerprint density at radius 3 is 2.46 bits per heavy atom. The number of amides is 3. The number of hydrogen-bond donors (Lipinski definition) is 2. The number of pyridine rings is 1. The molecule has 0 aliphatic carbocycles. The fourth-order valence-electron chi connectivity index (χ4n) is 4.34. The maximum Gasteiger partial charge on any atom is 0.318 e. The summed E-state index contributed by atoms with van der Waals surface area (Å²) in [6.07, 6.45) is 0. The number of nitrogens with zero attached hydrogens (tertiary/aromatic N) is 5. The van der Waals surface area contributed by atoms with Crippen LogP contribution in [0.1, 0.15) is 36.7 Å². The number of hydrogen-bond acceptors (Lipinski definition) is 7. The maximum absolute atomic E-state index is 12.9. The van der Waals surface area contributed by atoms with Gasteiger partial charge in [-0.05, 0) is 36.4 Å². The molecule has 176 valence electrons. The Bertz CT molecular complexity index is 1440. The molecule has 1 aliphatic heterocycles. The molecule has 0 saturated heterocycles. The molecule has 2 aromatic heterocycles. The third-order valence-corrected chi connectivity index (χ3v) is 6.09. The van der Waals surface area contributed by atoms with Gasteiger partial charge in [0.05, 0.1) is 16.8 Å². The Morgan fingerprint density at radius 1 is 1.03 bits per heavy atom. The average Bonchev–Trinajstić information content (AvgIpc) is 3.28. The number of rotatable bonds is 4. The van der Waals surface area contributed by atoms with Crippen molar-refractivity contribution in [1.82, 2.24) is 30.5 Å². The van der Waals surface area contributed by atoms with Crippen molar-refractivity contribution >= 4 is 11.9 Å². The number of benzene rings is 2. The van der Waals surface area contributed by atoms with Gasteiger partial charge >= 0.3 is 6.03 Å². The van der Waals surface area contributed by atoms with Crippen molar-refractivity contribution in [2.24, 2.45) is 11.1 Å². The van der Waals surface area contributed by atoms with Crippen LogP contribution in [-0.4, -0.2) is 37.1 Å². The zero-order chi connectivity index (χ0) is 24.7.